The van der Waals surface area contributed by atoms with Crippen molar-refractivity contribution in [1.82, 2.24) is 24.4 Å². The van der Waals surface area contributed by atoms with Gasteiger partial charge in [0.1, 0.15) is 24.1 Å². The quantitative estimate of drug-likeness (QED) is 0.712. The molecule has 0 saturated carbocycles. The Morgan fingerprint density at radius 1 is 1.07 bits per heavy atom. The summed E-state index contributed by atoms with van der Waals surface area (Å²) in [5.74, 6) is 0. The van der Waals surface area contributed by atoms with Gasteiger partial charge in [-0.05, 0) is 18.1 Å². The van der Waals surface area contributed by atoms with Crippen LogP contribution in [0, 0.1) is 0 Å². The van der Waals surface area contributed by atoms with E-state index in [2.05, 4.69) is 44.1 Å². The van der Waals surface area contributed by atoms with Crippen molar-refractivity contribution >= 4 is 11.2 Å². The highest BCUT2D eigenvalue weighted by molar-refractivity contribution is 5.73. The van der Waals surface area contributed by atoms with Gasteiger partial charge in [-0.2, -0.15) is 0 Å². The summed E-state index contributed by atoms with van der Waals surface area (Å²) in [5, 5.41) is 20.3. The smallest absolute Gasteiger partial charge is 0.165 e. The minimum Gasteiger partial charge on any atom is -0.388 e. The first kappa shape index (κ1) is 16.8. The summed E-state index contributed by atoms with van der Waals surface area (Å²) < 4.78 is 7.38. The largest absolute Gasteiger partial charge is 0.388 e. The number of benzene rings is 1. The molecule has 27 heavy (non-hydrogen) atoms. The van der Waals surface area contributed by atoms with Gasteiger partial charge in [0.2, 0.25) is 0 Å². The fourth-order valence-electron chi connectivity index (χ4n) is 3.99. The van der Waals surface area contributed by atoms with Crippen molar-refractivity contribution in [3.05, 3.63) is 53.7 Å². The lowest BCUT2D eigenvalue weighted by Gasteiger charge is -2.17. The topological polar surface area (TPSA) is 96.5 Å². The van der Waals surface area contributed by atoms with Gasteiger partial charge in [-0.3, -0.25) is 9.47 Å². The number of aliphatic hydroxyl groups excluding tert-OH is 2. The molecule has 4 heterocycles. The van der Waals surface area contributed by atoms with Crippen LogP contribution in [0.3, 0.4) is 0 Å². The number of imidazole rings is 1. The number of aliphatic hydroxyl groups is 2. The van der Waals surface area contributed by atoms with E-state index in [4.69, 9.17) is 4.74 Å². The zero-order valence-electron chi connectivity index (χ0n) is 14.9. The van der Waals surface area contributed by atoms with Crippen molar-refractivity contribution in [2.24, 2.45) is 0 Å². The molecule has 2 N–H and O–H groups in total. The number of aromatic nitrogens is 4. The van der Waals surface area contributed by atoms with Gasteiger partial charge in [0.15, 0.2) is 11.9 Å². The summed E-state index contributed by atoms with van der Waals surface area (Å²) in [7, 11) is 0. The van der Waals surface area contributed by atoms with Gasteiger partial charge < -0.3 is 14.9 Å². The van der Waals surface area contributed by atoms with Gasteiger partial charge in [-0.1, -0.05) is 24.3 Å². The first-order valence-corrected chi connectivity index (χ1v) is 9.09. The van der Waals surface area contributed by atoms with E-state index < -0.39 is 24.5 Å². The fraction of sp³-hybridized carbons (Fsp3) is 0.421. The van der Waals surface area contributed by atoms with E-state index in [1.807, 2.05) is 0 Å². The Hall–Kier alpha value is -2.39. The first-order valence-electron chi connectivity index (χ1n) is 9.09. The molecule has 8 heteroatoms. The van der Waals surface area contributed by atoms with Crippen LogP contribution >= 0.6 is 0 Å². The second kappa shape index (κ2) is 6.35. The van der Waals surface area contributed by atoms with E-state index in [0.29, 0.717) is 17.7 Å². The zero-order chi connectivity index (χ0) is 18.5. The highest BCUT2D eigenvalue weighted by Crippen LogP contribution is 2.32. The third kappa shape index (κ3) is 2.72. The lowest BCUT2D eigenvalue weighted by Crippen LogP contribution is -2.30. The van der Waals surface area contributed by atoms with Crippen molar-refractivity contribution in [3.8, 4) is 0 Å². The van der Waals surface area contributed by atoms with E-state index in [9.17, 15) is 10.2 Å². The maximum Gasteiger partial charge on any atom is 0.165 e. The monoisotopic (exact) mass is 367 g/mol. The van der Waals surface area contributed by atoms with E-state index >= 15 is 0 Å². The molecule has 2 aliphatic rings. The van der Waals surface area contributed by atoms with Gasteiger partial charge in [0, 0.05) is 19.6 Å². The molecule has 5 rings (SSSR count). The van der Waals surface area contributed by atoms with Crippen LogP contribution in [0.4, 0.5) is 0 Å². The minimum atomic E-state index is -1.02. The number of ether oxygens (including phenoxy) is 1. The molecule has 1 fully saturated rings. The van der Waals surface area contributed by atoms with Crippen molar-refractivity contribution in [3.63, 3.8) is 0 Å². The number of hydrogen-bond donors (Lipinski definition) is 2. The predicted octanol–water partition coefficient (Wildman–Crippen LogP) is 0.981. The molecular weight excluding hydrogens is 346 g/mol. The number of nitrogens with zero attached hydrogens (tertiary/aromatic N) is 5. The van der Waals surface area contributed by atoms with Crippen LogP contribution in [-0.2, 0) is 24.4 Å². The molecule has 1 saturated heterocycles. The van der Waals surface area contributed by atoms with E-state index in [-0.39, 0.29) is 0 Å². The highest BCUT2D eigenvalue weighted by atomic mass is 16.6. The lowest BCUT2D eigenvalue weighted by atomic mass is 10.1. The average molecular weight is 367 g/mol. The van der Waals surface area contributed by atoms with E-state index in [1.54, 1.807) is 17.8 Å². The Kier molecular flexibility index (Phi) is 3.94. The molecule has 2 aliphatic heterocycles. The van der Waals surface area contributed by atoms with Gasteiger partial charge in [-0.25, -0.2) is 15.0 Å². The Balaban J connectivity index is 1.43. The maximum atomic E-state index is 10.3. The summed E-state index contributed by atoms with van der Waals surface area (Å²) in [5.41, 5.74) is 4.82. The van der Waals surface area contributed by atoms with Crippen LogP contribution in [-0.4, -0.2) is 52.9 Å². The number of rotatable bonds is 3. The van der Waals surface area contributed by atoms with Crippen LogP contribution in [0.1, 0.15) is 30.0 Å². The maximum absolute atomic E-state index is 10.3. The summed E-state index contributed by atoms with van der Waals surface area (Å²) in [6.07, 6.45) is -0.00748. The molecule has 140 valence electrons. The predicted molar refractivity (Wildman–Crippen MR) is 96.3 cm³/mol. The molecule has 1 aromatic carbocycles. The Morgan fingerprint density at radius 2 is 1.81 bits per heavy atom. The molecule has 0 unspecified atom stereocenters. The minimum absolute atomic E-state index is 0.452. The number of hydrogen-bond acceptors (Lipinski definition) is 7. The molecule has 4 atom stereocenters. The van der Waals surface area contributed by atoms with Crippen LogP contribution in [0.5, 0.6) is 0 Å². The standard InChI is InChI=1S/C19H21N5O3/c1-11-16(25)17(26)19(27-11)24-10-22-15-14(20-9-21-18(15)24)8-23-6-12-4-2-3-5-13(12)7-23/h2-5,9-11,16-17,19,25-26H,6-8H2,1H3/t11-,16-,17-,19-/m1/s1. The van der Waals surface area contributed by atoms with Crippen molar-refractivity contribution < 1.29 is 14.9 Å². The van der Waals surface area contributed by atoms with Crippen LogP contribution in [0.25, 0.3) is 11.2 Å². The SMILES string of the molecule is C[C@H]1O[C@@H](n2cnc3c(CN4Cc5ccccc5C4)ncnc32)[C@H](O)[C@@H]1O. The second-order valence-corrected chi connectivity index (χ2v) is 7.27. The summed E-state index contributed by atoms with van der Waals surface area (Å²) in [6, 6.07) is 8.44. The van der Waals surface area contributed by atoms with Crippen LogP contribution in [0.15, 0.2) is 36.9 Å². The van der Waals surface area contributed by atoms with Gasteiger partial charge >= 0.3 is 0 Å². The van der Waals surface area contributed by atoms with E-state index in [0.717, 1.165) is 18.8 Å². The molecular formula is C19H21N5O3. The van der Waals surface area contributed by atoms with Gasteiger partial charge in [0.25, 0.3) is 0 Å². The fourth-order valence-corrected chi connectivity index (χ4v) is 3.99. The van der Waals surface area contributed by atoms with Crippen molar-refractivity contribution in [1.29, 1.82) is 0 Å². The lowest BCUT2D eigenvalue weighted by molar-refractivity contribution is -0.0299. The zero-order valence-corrected chi connectivity index (χ0v) is 14.9. The summed E-state index contributed by atoms with van der Waals surface area (Å²) in [4.78, 5) is 15.6. The van der Waals surface area contributed by atoms with Crippen LogP contribution in [0.2, 0.25) is 0 Å². The summed E-state index contributed by atoms with van der Waals surface area (Å²) in [6.45, 7) is 4.17. The van der Waals surface area contributed by atoms with E-state index in [1.165, 1.54) is 17.5 Å². The average Bonchev–Trinajstić information content (AvgIpc) is 3.34. The third-order valence-electron chi connectivity index (χ3n) is 5.47. The molecule has 3 aromatic rings. The third-order valence-corrected chi connectivity index (χ3v) is 5.47. The Labute approximate surface area is 156 Å². The molecule has 0 spiro atoms. The van der Waals surface area contributed by atoms with Gasteiger partial charge in [0.05, 0.1) is 18.1 Å². The highest BCUT2D eigenvalue weighted by Gasteiger charge is 2.42. The molecule has 2 aromatic heterocycles. The molecule has 0 radical (unpaired) electrons. The normalized spacial score (nSPS) is 28.1. The number of fused-ring (bicyclic) bond motifs is 2. The summed E-state index contributed by atoms with van der Waals surface area (Å²) >= 11 is 0. The Morgan fingerprint density at radius 3 is 2.48 bits per heavy atom. The molecule has 0 aliphatic carbocycles. The molecule has 0 amide bonds. The molecule has 8 nitrogen and oxygen atoms in total. The van der Waals surface area contributed by atoms with Crippen molar-refractivity contribution in [2.45, 2.75) is 51.1 Å². The molecule has 0 bridgehead atoms. The second-order valence-electron chi connectivity index (χ2n) is 7.27. The van der Waals surface area contributed by atoms with Crippen molar-refractivity contribution in [2.75, 3.05) is 0 Å². The Bertz CT molecular complexity index is 965. The van der Waals surface area contributed by atoms with Crippen LogP contribution < -0.4 is 0 Å². The van der Waals surface area contributed by atoms with Gasteiger partial charge in [-0.15, -0.1) is 0 Å². The first-order chi connectivity index (χ1) is 13.1.